The third-order valence-electron chi connectivity index (χ3n) is 3.00. The second-order valence-corrected chi connectivity index (χ2v) is 4.38. The third-order valence-corrected chi connectivity index (χ3v) is 3.00. The fourth-order valence-electron chi connectivity index (χ4n) is 1.85. The Morgan fingerprint density at radius 3 is 2.65 bits per heavy atom. The molecule has 94 valence electrons. The van der Waals surface area contributed by atoms with Gasteiger partial charge in [0.25, 0.3) is 0 Å². The molecule has 0 saturated carbocycles. The molecular formula is C13H18O4. The van der Waals surface area contributed by atoms with E-state index in [0.717, 1.165) is 5.56 Å². The standard InChI is InChI=1S/C13H18O4/c1-9-2-4-10(5-3-9)7-16-12-8-17-11(6-14)13(12)15/h2-5,11-15H,6-8H2,1H3/t11-,12+,13-/m1/s1. The maximum atomic E-state index is 9.76. The van der Waals surface area contributed by atoms with Crippen LogP contribution in [0.25, 0.3) is 0 Å². The van der Waals surface area contributed by atoms with Gasteiger partial charge in [-0.1, -0.05) is 29.8 Å². The van der Waals surface area contributed by atoms with Crippen LogP contribution in [0.2, 0.25) is 0 Å². The lowest BCUT2D eigenvalue weighted by atomic mass is 10.1. The topological polar surface area (TPSA) is 58.9 Å². The van der Waals surface area contributed by atoms with E-state index in [1.54, 1.807) is 0 Å². The van der Waals surface area contributed by atoms with Gasteiger partial charge in [0.05, 0.1) is 19.8 Å². The number of ether oxygens (including phenoxy) is 2. The monoisotopic (exact) mass is 238 g/mol. The van der Waals surface area contributed by atoms with Crippen LogP contribution in [0.5, 0.6) is 0 Å². The number of aliphatic hydroxyl groups excluding tert-OH is 2. The first kappa shape index (κ1) is 12.5. The Bertz CT molecular complexity index is 349. The maximum Gasteiger partial charge on any atom is 0.111 e. The van der Waals surface area contributed by atoms with Crippen molar-refractivity contribution in [2.45, 2.75) is 31.8 Å². The van der Waals surface area contributed by atoms with Crippen LogP contribution in [0, 0.1) is 6.92 Å². The SMILES string of the molecule is Cc1ccc(CO[C@H]2CO[C@H](CO)[C@H]2O)cc1. The van der Waals surface area contributed by atoms with E-state index in [2.05, 4.69) is 0 Å². The zero-order valence-corrected chi connectivity index (χ0v) is 9.87. The van der Waals surface area contributed by atoms with Crippen molar-refractivity contribution < 1.29 is 19.7 Å². The maximum absolute atomic E-state index is 9.76. The first-order valence-corrected chi connectivity index (χ1v) is 5.78. The fourth-order valence-corrected chi connectivity index (χ4v) is 1.85. The Labute approximate surface area is 101 Å². The minimum Gasteiger partial charge on any atom is -0.394 e. The molecule has 17 heavy (non-hydrogen) atoms. The number of benzene rings is 1. The summed E-state index contributed by atoms with van der Waals surface area (Å²) in [4.78, 5) is 0. The van der Waals surface area contributed by atoms with E-state index >= 15 is 0 Å². The van der Waals surface area contributed by atoms with Gasteiger partial charge in [-0.3, -0.25) is 0 Å². The summed E-state index contributed by atoms with van der Waals surface area (Å²) in [6, 6.07) is 8.05. The summed E-state index contributed by atoms with van der Waals surface area (Å²) < 4.78 is 10.8. The Kier molecular flexibility index (Phi) is 4.12. The second kappa shape index (κ2) is 5.60. The van der Waals surface area contributed by atoms with Crippen molar-refractivity contribution >= 4 is 0 Å². The number of rotatable bonds is 4. The van der Waals surface area contributed by atoms with Crippen LogP contribution in [-0.4, -0.2) is 41.7 Å². The molecule has 1 fully saturated rings. The van der Waals surface area contributed by atoms with E-state index < -0.39 is 12.2 Å². The number of aryl methyl sites for hydroxylation is 1. The molecule has 0 aliphatic carbocycles. The Balaban J connectivity index is 1.84. The molecule has 0 bridgehead atoms. The molecule has 0 unspecified atom stereocenters. The summed E-state index contributed by atoms with van der Waals surface area (Å²) in [6.07, 6.45) is -1.61. The quantitative estimate of drug-likeness (QED) is 0.808. The van der Waals surface area contributed by atoms with E-state index in [-0.39, 0.29) is 12.7 Å². The number of hydrogen-bond donors (Lipinski definition) is 2. The van der Waals surface area contributed by atoms with Crippen molar-refractivity contribution in [2.24, 2.45) is 0 Å². The van der Waals surface area contributed by atoms with Crippen LogP contribution in [0.1, 0.15) is 11.1 Å². The molecular weight excluding hydrogens is 220 g/mol. The number of hydrogen-bond acceptors (Lipinski definition) is 4. The Hall–Kier alpha value is -0.940. The molecule has 2 rings (SSSR count). The first-order valence-electron chi connectivity index (χ1n) is 5.78. The summed E-state index contributed by atoms with van der Waals surface area (Å²) in [5, 5.41) is 18.7. The van der Waals surface area contributed by atoms with Gasteiger partial charge in [0.2, 0.25) is 0 Å². The van der Waals surface area contributed by atoms with Crippen LogP contribution >= 0.6 is 0 Å². The lowest BCUT2D eigenvalue weighted by molar-refractivity contribution is -0.0340. The van der Waals surface area contributed by atoms with Crippen molar-refractivity contribution in [2.75, 3.05) is 13.2 Å². The highest BCUT2D eigenvalue weighted by molar-refractivity contribution is 5.20. The molecule has 1 aliphatic rings. The largest absolute Gasteiger partial charge is 0.394 e. The van der Waals surface area contributed by atoms with Crippen molar-refractivity contribution in [3.8, 4) is 0 Å². The van der Waals surface area contributed by atoms with E-state index in [1.807, 2.05) is 31.2 Å². The van der Waals surface area contributed by atoms with Gasteiger partial charge in [0.1, 0.15) is 18.3 Å². The molecule has 1 aliphatic heterocycles. The van der Waals surface area contributed by atoms with Gasteiger partial charge in [-0.25, -0.2) is 0 Å². The van der Waals surface area contributed by atoms with Gasteiger partial charge < -0.3 is 19.7 Å². The van der Waals surface area contributed by atoms with Crippen molar-refractivity contribution in [3.63, 3.8) is 0 Å². The van der Waals surface area contributed by atoms with Gasteiger partial charge in [-0.05, 0) is 12.5 Å². The zero-order valence-electron chi connectivity index (χ0n) is 9.87. The zero-order chi connectivity index (χ0) is 12.3. The molecule has 4 nitrogen and oxygen atoms in total. The van der Waals surface area contributed by atoms with E-state index in [9.17, 15) is 5.11 Å². The van der Waals surface area contributed by atoms with Gasteiger partial charge in [0.15, 0.2) is 0 Å². The fraction of sp³-hybridized carbons (Fsp3) is 0.538. The highest BCUT2D eigenvalue weighted by atomic mass is 16.6. The van der Waals surface area contributed by atoms with Gasteiger partial charge in [0, 0.05) is 0 Å². The van der Waals surface area contributed by atoms with E-state index in [1.165, 1.54) is 5.56 Å². The summed E-state index contributed by atoms with van der Waals surface area (Å²) in [6.45, 7) is 2.64. The summed E-state index contributed by atoms with van der Waals surface area (Å²) >= 11 is 0. The molecule has 2 N–H and O–H groups in total. The van der Waals surface area contributed by atoms with Crippen LogP contribution in [0.3, 0.4) is 0 Å². The normalized spacial score (nSPS) is 28.5. The average molecular weight is 238 g/mol. The van der Waals surface area contributed by atoms with Crippen LogP contribution in [0.4, 0.5) is 0 Å². The van der Waals surface area contributed by atoms with Crippen molar-refractivity contribution in [3.05, 3.63) is 35.4 Å². The summed E-state index contributed by atoms with van der Waals surface area (Å²) in [7, 11) is 0. The van der Waals surface area contributed by atoms with Crippen LogP contribution in [-0.2, 0) is 16.1 Å². The molecule has 0 spiro atoms. The molecule has 3 atom stereocenters. The Morgan fingerprint density at radius 2 is 2.06 bits per heavy atom. The molecule has 4 heteroatoms. The van der Waals surface area contributed by atoms with Gasteiger partial charge in [-0.2, -0.15) is 0 Å². The third kappa shape index (κ3) is 3.04. The summed E-state index contributed by atoms with van der Waals surface area (Å²) in [5.74, 6) is 0. The summed E-state index contributed by atoms with van der Waals surface area (Å²) in [5.41, 5.74) is 2.27. The molecule has 0 amide bonds. The predicted molar refractivity (Wildman–Crippen MR) is 62.6 cm³/mol. The molecule has 1 saturated heterocycles. The molecule has 1 aromatic carbocycles. The minimum atomic E-state index is -0.745. The van der Waals surface area contributed by atoms with E-state index in [4.69, 9.17) is 14.6 Å². The lowest BCUT2D eigenvalue weighted by Gasteiger charge is -2.16. The molecule has 0 aromatic heterocycles. The number of aliphatic hydroxyl groups is 2. The van der Waals surface area contributed by atoms with Crippen molar-refractivity contribution in [1.82, 2.24) is 0 Å². The van der Waals surface area contributed by atoms with Crippen LogP contribution in [0.15, 0.2) is 24.3 Å². The molecule has 0 radical (unpaired) electrons. The predicted octanol–water partition coefficient (Wildman–Crippen LogP) is 0.632. The molecule has 1 aromatic rings. The van der Waals surface area contributed by atoms with Gasteiger partial charge >= 0.3 is 0 Å². The lowest BCUT2D eigenvalue weighted by Crippen LogP contribution is -2.33. The van der Waals surface area contributed by atoms with E-state index in [0.29, 0.717) is 13.2 Å². The van der Waals surface area contributed by atoms with Crippen LogP contribution < -0.4 is 0 Å². The first-order chi connectivity index (χ1) is 8.20. The second-order valence-electron chi connectivity index (χ2n) is 4.38. The highest BCUT2D eigenvalue weighted by Gasteiger charge is 2.35. The highest BCUT2D eigenvalue weighted by Crippen LogP contribution is 2.18. The van der Waals surface area contributed by atoms with Crippen molar-refractivity contribution in [1.29, 1.82) is 0 Å². The van der Waals surface area contributed by atoms with Gasteiger partial charge in [-0.15, -0.1) is 0 Å². The molecule has 1 heterocycles. The minimum absolute atomic E-state index is 0.175. The average Bonchev–Trinajstić information content (AvgIpc) is 2.69. The smallest absolute Gasteiger partial charge is 0.111 e. The Morgan fingerprint density at radius 1 is 1.35 bits per heavy atom.